The van der Waals surface area contributed by atoms with Crippen molar-refractivity contribution in [1.82, 2.24) is 5.32 Å². The summed E-state index contributed by atoms with van der Waals surface area (Å²) in [6.07, 6.45) is 4.95. The Morgan fingerprint density at radius 1 is 1.78 bits per heavy atom. The van der Waals surface area contributed by atoms with Gasteiger partial charge in [0.15, 0.2) is 0 Å². The zero-order valence-corrected chi connectivity index (χ0v) is 5.67. The number of aliphatic hydroxyl groups is 1. The number of aliphatic hydroxyl groups excluding tert-OH is 1. The highest BCUT2D eigenvalue weighted by atomic mass is 16.3. The number of hydrogen-bond donors (Lipinski definition) is 2. The van der Waals surface area contributed by atoms with E-state index in [1.54, 1.807) is 6.92 Å². The molecule has 0 aromatic carbocycles. The maximum atomic E-state index is 9.06. The predicted molar refractivity (Wildman–Crippen MR) is 37.2 cm³/mol. The van der Waals surface area contributed by atoms with Crippen LogP contribution in [0.25, 0.3) is 0 Å². The Morgan fingerprint density at radius 3 is 2.89 bits per heavy atom. The second-order valence-electron chi connectivity index (χ2n) is 2.44. The van der Waals surface area contributed by atoms with Crippen LogP contribution in [-0.2, 0) is 0 Å². The highest BCUT2D eigenvalue weighted by Crippen LogP contribution is 2.00. The van der Waals surface area contributed by atoms with Crippen LogP contribution in [0.5, 0.6) is 0 Å². The zero-order chi connectivity index (χ0) is 6.69. The van der Waals surface area contributed by atoms with Crippen molar-refractivity contribution in [3.8, 4) is 0 Å². The van der Waals surface area contributed by atoms with E-state index in [1.165, 1.54) is 0 Å². The molecule has 2 atom stereocenters. The topological polar surface area (TPSA) is 32.3 Å². The molecule has 1 aliphatic rings. The van der Waals surface area contributed by atoms with Crippen LogP contribution in [-0.4, -0.2) is 23.8 Å². The largest absolute Gasteiger partial charge is 0.391 e. The fourth-order valence-electron chi connectivity index (χ4n) is 0.976. The van der Waals surface area contributed by atoms with Crippen molar-refractivity contribution in [1.29, 1.82) is 0 Å². The molecule has 0 saturated carbocycles. The summed E-state index contributed by atoms with van der Waals surface area (Å²) in [4.78, 5) is 0. The molecular formula is C7H13NO. The molecule has 0 aliphatic carbocycles. The van der Waals surface area contributed by atoms with Gasteiger partial charge >= 0.3 is 0 Å². The van der Waals surface area contributed by atoms with E-state index in [0.717, 1.165) is 13.0 Å². The SMILES string of the molecule is C[C@H](O)[C@@H]1C=CCCN1. The minimum Gasteiger partial charge on any atom is -0.391 e. The quantitative estimate of drug-likeness (QED) is 0.496. The average molecular weight is 127 g/mol. The average Bonchev–Trinajstić information content (AvgIpc) is 1.90. The molecule has 9 heavy (non-hydrogen) atoms. The van der Waals surface area contributed by atoms with Gasteiger partial charge in [-0.05, 0) is 19.9 Å². The first-order chi connectivity index (χ1) is 4.30. The maximum Gasteiger partial charge on any atom is 0.0700 e. The van der Waals surface area contributed by atoms with Crippen molar-refractivity contribution < 1.29 is 5.11 Å². The van der Waals surface area contributed by atoms with Gasteiger partial charge in [-0.25, -0.2) is 0 Å². The molecular weight excluding hydrogens is 114 g/mol. The van der Waals surface area contributed by atoms with Gasteiger partial charge in [0.2, 0.25) is 0 Å². The summed E-state index contributed by atoms with van der Waals surface area (Å²) in [6, 6.07) is 0.179. The summed E-state index contributed by atoms with van der Waals surface area (Å²) in [5.41, 5.74) is 0. The Balaban J connectivity index is 2.40. The van der Waals surface area contributed by atoms with E-state index in [9.17, 15) is 0 Å². The van der Waals surface area contributed by atoms with Gasteiger partial charge in [-0.1, -0.05) is 12.2 Å². The lowest BCUT2D eigenvalue weighted by Crippen LogP contribution is -2.38. The molecule has 0 fully saturated rings. The summed E-state index contributed by atoms with van der Waals surface area (Å²) in [6.45, 7) is 2.79. The first-order valence-corrected chi connectivity index (χ1v) is 3.39. The molecule has 1 rings (SSSR count). The molecule has 1 aliphatic heterocycles. The molecule has 0 spiro atoms. The summed E-state index contributed by atoms with van der Waals surface area (Å²) >= 11 is 0. The van der Waals surface area contributed by atoms with Gasteiger partial charge in [0.1, 0.15) is 0 Å². The van der Waals surface area contributed by atoms with E-state index >= 15 is 0 Å². The minimum absolute atomic E-state index is 0.179. The van der Waals surface area contributed by atoms with E-state index < -0.39 is 0 Å². The maximum absolute atomic E-state index is 9.06. The highest BCUT2D eigenvalue weighted by molar-refractivity contribution is 5.00. The van der Waals surface area contributed by atoms with E-state index in [0.29, 0.717) is 0 Å². The van der Waals surface area contributed by atoms with Crippen LogP contribution in [0, 0.1) is 0 Å². The van der Waals surface area contributed by atoms with Crippen LogP contribution in [0.2, 0.25) is 0 Å². The normalized spacial score (nSPS) is 30.2. The predicted octanol–water partition coefficient (Wildman–Crippen LogP) is 0.285. The number of nitrogens with one attached hydrogen (secondary N) is 1. The summed E-state index contributed by atoms with van der Waals surface area (Å²) in [5.74, 6) is 0. The van der Waals surface area contributed by atoms with Crippen LogP contribution in [0.4, 0.5) is 0 Å². The molecule has 2 N–H and O–H groups in total. The van der Waals surface area contributed by atoms with Crippen molar-refractivity contribution in [3.05, 3.63) is 12.2 Å². The van der Waals surface area contributed by atoms with Crippen LogP contribution < -0.4 is 5.32 Å². The Hall–Kier alpha value is -0.340. The van der Waals surface area contributed by atoms with Crippen molar-refractivity contribution in [3.63, 3.8) is 0 Å². The van der Waals surface area contributed by atoms with Crippen LogP contribution in [0.3, 0.4) is 0 Å². The molecule has 0 unspecified atom stereocenters. The first kappa shape index (κ1) is 6.78. The zero-order valence-electron chi connectivity index (χ0n) is 5.67. The second-order valence-corrected chi connectivity index (χ2v) is 2.44. The van der Waals surface area contributed by atoms with Crippen molar-refractivity contribution >= 4 is 0 Å². The Labute approximate surface area is 55.6 Å². The van der Waals surface area contributed by atoms with Gasteiger partial charge in [0, 0.05) is 0 Å². The molecule has 0 aromatic heterocycles. The lowest BCUT2D eigenvalue weighted by Gasteiger charge is -2.20. The molecule has 52 valence electrons. The lowest BCUT2D eigenvalue weighted by molar-refractivity contribution is 0.162. The number of hydrogen-bond acceptors (Lipinski definition) is 2. The van der Waals surface area contributed by atoms with Gasteiger partial charge in [-0.3, -0.25) is 0 Å². The third kappa shape index (κ3) is 1.80. The third-order valence-corrected chi connectivity index (χ3v) is 1.55. The van der Waals surface area contributed by atoms with Crippen molar-refractivity contribution in [2.45, 2.75) is 25.5 Å². The number of rotatable bonds is 1. The molecule has 0 bridgehead atoms. The molecule has 0 amide bonds. The van der Waals surface area contributed by atoms with Crippen molar-refractivity contribution in [2.24, 2.45) is 0 Å². The molecule has 2 heteroatoms. The van der Waals surface area contributed by atoms with Crippen LogP contribution in [0.15, 0.2) is 12.2 Å². The first-order valence-electron chi connectivity index (χ1n) is 3.39. The highest BCUT2D eigenvalue weighted by Gasteiger charge is 2.11. The summed E-state index contributed by atoms with van der Waals surface area (Å²) < 4.78 is 0. The van der Waals surface area contributed by atoms with Gasteiger partial charge in [-0.2, -0.15) is 0 Å². The molecule has 2 nitrogen and oxygen atoms in total. The third-order valence-electron chi connectivity index (χ3n) is 1.55. The fourth-order valence-corrected chi connectivity index (χ4v) is 0.976. The van der Waals surface area contributed by atoms with Gasteiger partial charge in [-0.15, -0.1) is 0 Å². The standard InChI is InChI=1S/C7H13NO/c1-6(9)7-4-2-3-5-8-7/h2,4,6-9H,3,5H2,1H3/t6-,7-/m0/s1. The monoisotopic (exact) mass is 127 g/mol. The van der Waals surface area contributed by atoms with Gasteiger partial charge < -0.3 is 10.4 Å². The smallest absolute Gasteiger partial charge is 0.0700 e. The fraction of sp³-hybridized carbons (Fsp3) is 0.714. The minimum atomic E-state index is -0.262. The van der Waals surface area contributed by atoms with E-state index in [2.05, 4.69) is 11.4 Å². The second kappa shape index (κ2) is 2.99. The van der Waals surface area contributed by atoms with E-state index in [4.69, 9.17) is 5.11 Å². The Kier molecular flexibility index (Phi) is 2.25. The van der Waals surface area contributed by atoms with E-state index in [1.807, 2.05) is 6.08 Å². The van der Waals surface area contributed by atoms with Crippen molar-refractivity contribution in [2.75, 3.05) is 6.54 Å². The summed E-state index contributed by atoms with van der Waals surface area (Å²) in [7, 11) is 0. The molecule has 0 radical (unpaired) electrons. The van der Waals surface area contributed by atoms with E-state index in [-0.39, 0.29) is 12.1 Å². The van der Waals surface area contributed by atoms with Gasteiger partial charge in [0.25, 0.3) is 0 Å². The molecule has 1 heterocycles. The molecule has 0 saturated heterocycles. The van der Waals surface area contributed by atoms with Crippen LogP contribution in [0.1, 0.15) is 13.3 Å². The molecule has 0 aromatic rings. The Bertz CT molecular complexity index is 109. The summed E-state index contributed by atoms with van der Waals surface area (Å²) in [5, 5.41) is 12.2. The van der Waals surface area contributed by atoms with Crippen LogP contribution >= 0.6 is 0 Å². The van der Waals surface area contributed by atoms with Gasteiger partial charge in [0.05, 0.1) is 12.1 Å². The Morgan fingerprint density at radius 2 is 2.56 bits per heavy atom. The lowest BCUT2D eigenvalue weighted by atomic mass is 10.1.